The topological polar surface area (TPSA) is 15.3 Å². The van der Waals surface area contributed by atoms with Crippen LogP contribution in [0.15, 0.2) is 0 Å². The van der Waals surface area contributed by atoms with E-state index in [1.807, 2.05) is 0 Å². The van der Waals surface area contributed by atoms with Crippen LogP contribution in [-0.4, -0.2) is 37.6 Å². The highest BCUT2D eigenvalue weighted by molar-refractivity contribution is 4.73. The van der Waals surface area contributed by atoms with Gasteiger partial charge in [0.05, 0.1) is 0 Å². The fourth-order valence-electron chi connectivity index (χ4n) is 0.990. The van der Waals surface area contributed by atoms with E-state index >= 15 is 0 Å². The van der Waals surface area contributed by atoms with E-state index in [0.29, 0.717) is 12.1 Å². The lowest BCUT2D eigenvalue weighted by atomic mass is 10.1. The molecule has 0 aliphatic carbocycles. The summed E-state index contributed by atoms with van der Waals surface area (Å²) in [6, 6.07) is 1.20. The molecule has 0 saturated carbocycles. The molecule has 0 radical (unpaired) electrons. The van der Waals surface area contributed by atoms with Crippen LogP contribution in [0.25, 0.3) is 0 Å². The van der Waals surface area contributed by atoms with Crippen molar-refractivity contribution < 1.29 is 0 Å². The third-order valence-electron chi connectivity index (χ3n) is 2.25. The van der Waals surface area contributed by atoms with Gasteiger partial charge < -0.3 is 10.2 Å². The second-order valence-electron chi connectivity index (χ2n) is 3.45. The molecule has 0 rings (SSSR count). The van der Waals surface area contributed by atoms with Gasteiger partial charge in [-0.1, -0.05) is 6.92 Å². The first kappa shape index (κ1) is 10.9. The summed E-state index contributed by atoms with van der Waals surface area (Å²) in [6.07, 6.45) is 1.21. The molecule has 0 aliphatic rings. The van der Waals surface area contributed by atoms with E-state index in [1.165, 1.54) is 6.42 Å². The van der Waals surface area contributed by atoms with Crippen molar-refractivity contribution in [2.45, 2.75) is 39.3 Å². The van der Waals surface area contributed by atoms with Gasteiger partial charge in [-0.25, -0.2) is 0 Å². The first-order valence-corrected chi connectivity index (χ1v) is 4.49. The van der Waals surface area contributed by atoms with Gasteiger partial charge in [0, 0.05) is 12.1 Å². The van der Waals surface area contributed by atoms with E-state index in [-0.39, 0.29) is 0 Å². The Hall–Kier alpha value is -0.0800. The van der Waals surface area contributed by atoms with Crippen LogP contribution in [0.1, 0.15) is 27.2 Å². The Morgan fingerprint density at radius 1 is 1.27 bits per heavy atom. The lowest BCUT2D eigenvalue weighted by Crippen LogP contribution is -2.43. The highest BCUT2D eigenvalue weighted by atomic mass is 15.1. The molecule has 0 amide bonds. The summed E-state index contributed by atoms with van der Waals surface area (Å²) in [5, 5.41) is 3.47. The van der Waals surface area contributed by atoms with Crippen molar-refractivity contribution in [3.63, 3.8) is 0 Å². The molecule has 2 heteroatoms. The van der Waals surface area contributed by atoms with Gasteiger partial charge in [-0.15, -0.1) is 0 Å². The van der Waals surface area contributed by atoms with Crippen molar-refractivity contribution in [1.29, 1.82) is 0 Å². The summed E-state index contributed by atoms with van der Waals surface area (Å²) in [7, 11) is 4.24. The van der Waals surface area contributed by atoms with Crippen molar-refractivity contribution in [2.75, 3.05) is 20.6 Å². The summed E-state index contributed by atoms with van der Waals surface area (Å²) in [5.41, 5.74) is 0. The van der Waals surface area contributed by atoms with Crippen LogP contribution in [0.4, 0.5) is 0 Å². The Balaban J connectivity index is 3.55. The largest absolute Gasteiger partial charge is 0.313 e. The second-order valence-corrected chi connectivity index (χ2v) is 3.45. The predicted octanol–water partition coefficient (Wildman–Crippen LogP) is 1.32. The Labute approximate surface area is 71.0 Å². The van der Waals surface area contributed by atoms with E-state index in [2.05, 4.69) is 45.1 Å². The van der Waals surface area contributed by atoms with E-state index in [4.69, 9.17) is 0 Å². The number of likely N-dealkylation sites (N-methyl/N-ethyl adjacent to an activating group) is 1. The van der Waals surface area contributed by atoms with Crippen molar-refractivity contribution in [3.05, 3.63) is 0 Å². The maximum absolute atomic E-state index is 3.47. The highest BCUT2D eigenvalue weighted by Gasteiger charge is 2.11. The van der Waals surface area contributed by atoms with Crippen LogP contribution >= 0.6 is 0 Å². The zero-order valence-electron chi connectivity index (χ0n) is 8.52. The summed E-state index contributed by atoms with van der Waals surface area (Å²) < 4.78 is 0. The van der Waals surface area contributed by atoms with E-state index < -0.39 is 0 Å². The smallest absolute Gasteiger partial charge is 0.0212 e. The lowest BCUT2D eigenvalue weighted by Gasteiger charge is -2.27. The zero-order chi connectivity index (χ0) is 8.85. The molecule has 0 spiro atoms. The zero-order valence-corrected chi connectivity index (χ0v) is 8.52. The minimum absolute atomic E-state index is 0.588. The quantitative estimate of drug-likeness (QED) is 0.649. The molecule has 0 bridgehead atoms. The molecule has 0 aromatic heterocycles. The maximum Gasteiger partial charge on any atom is 0.0212 e. The van der Waals surface area contributed by atoms with Crippen LogP contribution in [0.5, 0.6) is 0 Å². The molecule has 0 heterocycles. The number of nitrogens with zero attached hydrogens (tertiary/aromatic N) is 1. The molecule has 2 unspecified atom stereocenters. The number of rotatable bonds is 5. The Morgan fingerprint density at radius 3 is 2.18 bits per heavy atom. The average molecular weight is 158 g/mol. The second kappa shape index (κ2) is 5.56. The number of nitrogens with one attached hydrogen (secondary N) is 1. The third kappa shape index (κ3) is 4.38. The SMILES string of the molecule is CCCNC(C)C(C)N(C)C. The van der Waals surface area contributed by atoms with E-state index in [0.717, 1.165) is 6.54 Å². The molecule has 11 heavy (non-hydrogen) atoms. The summed E-state index contributed by atoms with van der Waals surface area (Å²) in [4.78, 5) is 2.24. The molecule has 0 aromatic carbocycles. The average Bonchev–Trinajstić information content (AvgIpc) is 1.98. The highest BCUT2D eigenvalue weighted by Crippen LogP contribution is 1.98. The van der Waals surface area contributed by atoms with Crippen LogP contribution in [0, 0.1) is 0 Å². The molecule has 0 aliphatic heterocycles. The minimum atomic E-state index is 0.588. The van der Waals surface area contributed by atoms with Crippen LogP contribution in [0.2, 0.25) is 0 Å². The maximum atomic E-state index is 3.47. The molecule has 0 saturated heterocycles. The van der Waals surface area contributed by atoms with E-state index in [9.17, 15) is 0 Å². The van der Waals surface area contributed by atoms with Gasteiger partial charge in [0.15, 0.2) is 0 Å². The van der Waals surface area contributed by atoms with Crippen molar-refractivity contribution in [1.82, 2.24) is 10.2 Å². The van der Waals surface area contributed by atoms with Crippen molar-refractivity contribution >= 4 is 0 Å². The van der Waals surface area contributed by atoms with Crippen molar-refractivity contribution in [3.8, 4) is 0 Å². The molecule has 2 nitrogen and oxygen atoms in total. The van der Waals surface area contributed by atoms with Crippen LogP contribution in [-0.2, 0) is 0 Å². The third-order valence-corrected chi connectivity index (χ3v) is 2.25. The normalized spacial score (nSPS) is 16.9. The first-order valence-electron chi connectivity index (χ1n) is 4.49. The Bertz CT molecular complexity index is 91.6. The van der Waals surface area contributed by atoms with Gasteiger partial charge in [0.1, 0.15) is 0 Å². The summed E-state index contributed by atoms with van der Waals surface area (Å²) in [6.45, 7) is 7.80. The van der Waals surface area contributed by atoms with Gasteiger partial charge in [-0.05, 0) is 40.9 Å². The molecule has 0 aromatic rings. The first-order chi connectivity index (χ1) is 5.09. The van der Waals surface area contributed by atoms with Gasteiger partial charge >= 0.3 is 0 Å². The van der Waals surface area contributed by atoms with Gasteiger partial charge in [-0.2, -0.15) is 0 Å². The molecule has 68 valence electrons. The molecular formula is C9H22N2. The Kier molecular flexibility index (Phi) is 5.51. The molecule has 2 atom stereocenters. The predicted molar refractivity (Wildman–Crippen MR) is 50.9 cm³/mol. The fraction of sp³-hybridized carbons (Fsp3) is 1.00. The van der Waals surface area contributed by atoms with Crippen LogP contribution in [0.3, 0.4) is 0 Å². The molecular weight excluding hydrogens is 136 g/mol. The van der Waals surface area contributed by atoms with Gasteiger partial charge in [0.25, 0.3) is 0 Å². The standard InChI is InChI=1S/C9H22N2/c1-6-7-10-8(2)9(3)11(4)5/h8-10H,6-7H2,1-5H3. The van der Waals surface area contributed by atoms with Crippen LogP contribution < -0.4 is 5.32 Å². The fourth-order valence-corrected chi connectivity index (χ4v) is 0.990. The van der Waals surface area contributed by atoms with Gasteiger partial charge in [-0.3, -0.25) is 0 Å². The summed E-state index contributed by atoms with van der Waals surface area (Å²) >= 11 is 0. The van der Waals surface area contributed by atoms with E-state index in [1.54, 1.807) is 0 Å². The number of hydrogen-bond acceptors (Lipinski definition) is 2. The minimum Gasteiger partial charge on any atom is -0.313 e. The molecule has 0 fully saturated rings. The number of hydrogen-bond donors (Lipinski definition) is 1. The van der Waals surface area contributed by atoms with Crippen molar-refractivity contribution in [2.24, 2.45) is 0 Å². The summed E-state index contributed by atoms with van der Waals surface area (Å²) in [5.74, 6) is 0. The molecule has 1 N–H and O–H groups in total. The monoisotopic (exact) mass is 158 g/mol. The Morgan fingerprint density at radius 2 is 1.82 bits per heavy atom. The lowest BCUT2D eigenvalue weighted by molar-refractivity contribution is 0.255. The van der Waals surface area contributed by atoms with Gasteiger partial charge in [0.2, 0.25) is 0 Å².